The maximum Gasteiger partial charge on any atom is 0.307 e. The normalized spacial score (nSPS) is 10.3. The predicted molar refractivity (Wildman–Crippen MR) is 79.9 cm³/mol. The molecular weight excluding hydrogens is 296 g/mol. The molecule has 0 atom stereocenters. The van der Waals surface area contributed by atoms with Crippen LogP contribution in [0.2, 0.25) is 5.02 Å². The number of carboxylic acid groups (broad SMARTS) is 1. The Hall–Kier alpha value is -1.65. The molecule has 0 radical (unpaired) electrons. The lowest BCUT2D eigenvalue weighted by molar-refractivity contribution is -0.136. The molecule has 0 unspecified atom stereocenters. The smallest absolute Gasteiger partial charge is 0.307 e. The standard InChI is InChI=1S/C15H13ClO3S/c1-19-11-2-4-12(5-3-11)20-13-6-7-14(16)10(8-13)9-15(17)18/h2-8H,9H2,1H3,(H,17,18). The second-order valence-corrected chi connectivity index (χ2v) is 5.66. The molecule has 0 saturated carbocycles. The fourth-order valence-corrected chi connectivity index (χ4v) is 2.76. The van der Waals surface area contributed by atoms with Crippen molar-refractivity contribution in [3.63, 3.8) is 0 Å². The van der Waals surface area contributed by atoms with Gasteiger partial charge in [-0.1, -0.05) is 23.4 Å². The monoisotopic (exact) mass is 308 g/mol. The molecule has 3 nitrogen and oxygen atoms in total. The molecule has 20 heavy (non-hydrogen) atoms. The molecule has 104 valence electrons. The van der Waals surface area contributed by atoms with E-state index in [2.05, 4.69) is 0 Å². The number of halogens is 1. The van der Waals surface area contributed by atoms with Gasteiger partial charge in [0.25, 0.3) is 0 Å². The lowest BCUT2D eigenvalue weighted by atomic mass is 10.1. The molecule has 2 aromatic rings. The molecule has 1 N–H and O–H groups in total. The van der Waals surface area contributed by atoms with Crippen LogP contribution in [0, 0.1) is 0 Å². The van der Waals surface area contributed by atoms with Crippen LogP contribution >= 0.6 is 23.4 Å². The van der Waals surface area contributed by atoms with Crippen molar-refractivity contribution in [2.24, 2.45) is 0 Å². The van der Waals surface area contributed by atoms with Crippen molar-refractivity contribution < 1.29 is 14.6 Å². The van der Waals surface area contributed by atoms with Gasteiger partial charge in [0.15, 0.2) is 0 Å². The van der Waals surface area contributed by atoms with Crippen LogP contribution in [0.15, 0.2) is 52.3 Å². The van der Waals surface area contributed by atoms with Gasteiger partial charge in [-0.15, -0.1) is 0 Å². The Kier molecular flexibility index (Phi) is 4.93. The van der Waals surface area contributed by atoms with Crippen molar-refractivity contribution in [3.05, 3.63) is 53.1 Å². The Labute approximate surface area is 126 Å². The second kappa shape index (κ2) is 6.68. The Balaban J connectivity index is 2.18. The van der Waals surface area contributed by atoms with Crippen molar-refractivity contribution >= 4 is 29.3 Å². The van der Waals surface area contributed by atoms with E-state index in [1.165, 1.54) is 0 Å². The fourth-order valence-electron chi connectivity index (χ4n) is 1.69. The minimum absolute atomic E-state index is 0.0736. The van der Waals surface area contributed by atoms with Crippen LogP contribution in [-0.4, -0.2) is 18.2 Å². The third-order valence-corrected chi connectivity index (χ3v) is 4.02. The fraction of sp³-hybridized carbons (Fsp3) is 0.133. The molecule has 2 rings (SSSR count). The molecule has 0 aromatic heterocycles. The number of ether oxygens (including phenoxy) is 1. The summed E-state index contributed by atoms with van der Waals surface area (Å²) in [4.78, 5) is 12.8. The van der Waals surface area contributed by atoms with E-state index >= 15 is 0 Å². The zero-order valence-electron chi connectivity index (χ0n) is 10.8. The lowest BCUT2D eigenvalue weighted by Gasteiger charge is -2.06. The topological polar surface area (TPSA) is 46.5 Å². The molecule has 0 aliphatic heterocycles. The number of carboxylic acids is 1. The van der Waals surface area contributed by atoms with Gasteiger partial charge in [0.05, 0.1) is 13.5 Å². The molecule has 0 aliphatic carbocycles. The number of carbonyl (C=O) groups is 1. The number of methoxy groups -OCH3 is 1. The Morgan fingerprint density at radius 3 is 2.45 bits per heavy atom. The van der Waals surface area contributed by atoms with Crippen molar-refractivity contribution in [1.82, 2.24) is 0 Å². The number of hydrogen-bond acceptors (Lipinski definition) is 3. The van der Waals surface area contributed by atoms with Gasteiger partial charge in [-0.25, -0.2) is 0 Å². The van der Waals surface area contributed by atoms with Crippen LogP contribution in [0.5, 0.6) is 5.75 Å². The molecule has 2 aromatic carbocycles. The zero-order valence-corrected chi connectivity index (χ0v) is 12.4. The van der Waals surface area contributed by atoms with Crippen LogP contribution in [0.3, 0.4) is 0 Å². The minimum atomic E-state index is -0.890. The number of benzene rings is 2. The predicted octanol–water partition coefficient (Wildman–Crippen LogP) is 4.13. The molecule has 0 spiro atoms. The van der Waals surface area contributed by atoms with Crippen LogP contribution in [-0.2, 0) is 11.2 Å². The molecule has 0 saturated heterocycles. The summed E-state index contributed by atoms with van der Waals surface area (Å²) in [5.74, 6) is -0.0875. The average molecular weight is 309 g/mol. The maximum atomic E-state index is 10.8. The molecule has 0 bridgehead atoms. The Bertz CT molecular complexity index is 611. The second-order valence-electron chi connectivity index (χ2n) is 4.10. The summed E-state index contributed by atoms with van der Waals surface area (Å²) < 4.78 is 5.11. The first-order valence-corrected chi connectivity index (χ1v) is 7.10. The van der Waals surface area contributed by atoms with E-state index in [0.717, 1.165) is 15.5 Å². The summed E-state index contributed by atoms with van der Waals surface area (Å²) in [6, 6.07) is 13.1. The van der Waals surface area contributed by atoms with E-state index in [4.69, 9.17) is 21.4 Å². The van der Waals surface area contributed by atoms with Gasteiger partial charge in [-0.3, -0.25) is 4.79 Å². The molecule has 0 amide bonds. The summed E-state index contributed by atoms with van der Waals surface area (Å²) in [6.45, 7) is 0. The summed E-state index contributed by atoms with van der Waals surface area (Å²) in [7, 11) is 1.62. The highest BCUT2D eigenvalue weighted by Gasteiger charge is 2.07. The van der Waals surface area contributed by atoms with Gasteiger partial charge in [-0.2, -0.15) is 0 Å². The third kappa shape index (κ3) is 3.92. The van der Waals surface area contributed by atoms with Crippen LogP contribution in [0.4, 0.5) is 0 Å². The summed E-state index contributed by atoms with van der Waals surface area (Å²) in [5.41, 5.74) is 0.623. The van der Waals surface area contributed by atoms with E-state index in [-0.39, 0.29) is 6.42 Å². The van der Waals surface area contributed by atoms with E-state index < -0.39 is 5.97 Å². The first-order valence-electron chi connectivity index (χ1n) is 5.90. The minimum Gasteiger partial charge on any atom is -0.497 e. The highest BCUT2D eigenvalue weighted by atomic mass is 35.5. The SMILES string of the molecule is COc1ccc(Sc2ccc(Cl)c(CC(=O)O)c2)cc1. The first-order chi connectivity index (χ1) is 9.58. The van der Waals surface area contributed by atoms with Crippen LogP contribution in [0.1, 0.15) is 5.56 Å². The van der Waals surface area contributed by atoms with E-state index in [0.29, 0.717) is 10.6 Å². The number of rotatable bonds is 5. The highest BCUT2D eigenvalue weighted by Crippen LogP contribution is 2.31. The molecule has 0 heterocycles. The Morgan fingerprint density at radius 2 is 1.85 bits per heavy atom. The summed E-state index contributed by atoms with van der Waals surface area (Å²) in [6.07, 6.45) is -0.0736. The largest absolute Gasteiger partial charge is 0.497 e. The summed E-state index contributed by atoms with van der Waals surface area (Å²) >= 11 is 7.54. The van der Waals surface area contributed by atoms with E-state index in [9.17, 15) is 4.79 Å². The van der Waals surface area contributed by atoms with E-state index in [1.807, 2.05) is 36.4 Å². The third-order valence-electron chi connectivity index (χ3n) is 2.65. The average Bonchev–Trinajstić information content (AvgIpc) is 2.43. The molecular formula is C15H13ClO3S. The molecule has 0 fully saturated rings. The quantitative estimate of drug-likeness (QED) is 0.902. The van der Waals surface area contributed by atoms with Gasteiger partial charge in [-0.05, 0) is 48.0 Å². The highest BCUT2D eigenvalue weighted by molar-refractivity contribution is 7.99. The van der Waals surface area contributed by atoms with Gasteiger partial charge in [0.1, 0.15) is 5.75 Å². The van der Waals surface area contributed by atoms with Crippen LogP contribution in [0.25, 0.3) is 0 Å². The summed E-state index contributed by atoms with van der Waals surface area (Å²) in [5, 5.41) is 9.33. The first kappa shape index (κ1) is 14.8. The van der Waals surface area contributed by atoms with Crippen LogP contribution < -0.4 is 4.74 Å². The van der Waals surface area contributed by atoms with Crippen molar-refractivity contribution in [2.75, 3.05) is 7.11 Å². The molecule has 5 heteroatoms. The van der Waals surface area contributed by atoms with Crippen molar-refractivity contribution in [2.45, 2.75) is 16.2 Å². The van der Waals surface area contributed by atoms with Crippen molar-refractivity contribution in [3.8, 4) is 5.75 Å². The van der Waals surface area contributed by atoms with Gasteiger partial charge in [0, 0.05) is 14.8 Å². The van der Waals surface area contributed by atoms with Gasteiger partial charge in [0.2, 0.25) is 0 Å². The number of aliphatic carboxylic acids is 1. The molecule has 0 aliphatic rings. The van der Waals surface area contributed by atoms with E-state index in [1.54, 1.807) is 24.9 Å². The number of hydrogen-bond donors (Lipinski definition) is 1. The van der Waals surface area contributed by atoms with Gasteiger partial charge >= 0.3 is 5.97 Å². The Morgan fingerprint density at radius 1 is 1.20 bits per heavy atom. The van der Waals surface area contributed by atoms with Crippen molar-refractivity contribution in [1.29, 1.82) is 0 Å². The van der Waals surface area contributed by atoms with Gasteiger partial charge < -0.3 is 9.84 Å². The zero-order chi connectivity index (χ0) is 14.5. The maximum absolute atomic E-state index is 10.8. The lowest BCUT2D eigenvalue weighted by Crippen LogP contribution is -2.00.